The molecule has 3 rings (SSSR count). The van der Waals surface area contributed by atoms with Gasteiger partial charge in [0, 0.05) is 22.7 Å². The summed E-state index contributed by atoms with van der Waals surface area (Å²) >= 11 is 3.57. The van der Waals surface area contributed by atoms with Crippen LogP contribution in [0.4, 0.5) is 0 Å². The number of thiophene rings is 1. The molecule has 0 radical (unpaired) electrons. The van der Waals surface area contributed by atoms with Gasteiger partial charge >= 0.3 is 0 Å². The molecule has 0 spiro atoms. The van der Waals surface area contributed by atoms with Gasteiger partial charge in [-0.05, 0) is 43.0 Å². The van der Waals surface area contributed by atoms with Gasteiger partial charge < -0.3 is 14.8 Å². The maximum absolute atomic E-state index is 5.41. The highest BCUT2D eigenvalue weighted by Gasteiger charge is 2.18. The first-order valence-electron chi connectivity index (χ1n) is 8.51. The van der Waals surface area contributed by atoms with E-state index >= 15 is 0 Å². The second-order valence-corrected chi connectivity index (χ2v) is 8.37. The van der Waals surface area contributed by atoms with E-state index in [0.29, 0.717) is 0 Å². The Morgan fingerprint density at radius 2 is 1.89 bits per heavy atom. The van der Waals surface area contributed by atoms with Gasteiger partial charge in [0.05, 0.1) is 26.0 Å². The van der Waals surface area contributed by atoms with Gasteiger partial charge in [0.2, 0.25) is 0 Å². The summed E-state index contributed by atoms with van der Waals surface area (Å²) in [6.45, 7) is 4.95. The highest BCUT2D eigenvalue weighted by Crippen LogP contribution is 2.29. The predicted molar refractivity (Wildman–Crippen MR) is 116 cm³/mol. The summed E-state index contributed by atoms with van der Waals surface area (Å²) in [4.78, 5) is 7.42. The molecule has 7 heteroatoms. The molecule has 1 N–H and O–H groups in total. The largest absolute Gasteiger partial charge is 0.493 e. The molecule has 0 aliphatic carbocycles. The van der Waals surface area contributed by atoms with Crippen molar-refractivity contribution in [2.45, 2.75) is 32.9 Å². The minimum atomic E-state index is 0. The highest BCUT2D eigenvalue weighted by molar-refractivity contribution is 7.11. The molecular formula is C20H25ClN2O2S2. The molecule has 1 atom stereocenters. The van der Waals surface area contributed by atoms with Gasteiger partial charge in [0.15, 0.2) is 11.5 Å². The Kier molecular flexibility index (Phi) is 8.10. The minimum Gasteiger partial charge on any atom is -0.493 e. The number of methoxy groups -OCH3 is 2. The summed E-state index contributed by atoms with van der Waals surface area (Å²) in [6, 6.07) is 10.5. The molecule has 4 nitrogen and oxygen atoms in total. The average Bonchev–Trinajstić information content (AvgIpc) is 3.28. The van der Waals surface area contributed by atoms with E-state index in [2.05, 4.69) is 42.7 Å². The number of hydrogen-bond donors (Lipinski definition) is 1. The summed E-state index contributed by atoms with van der Waals surface area (Å²) in [7, 11) is 3.32. The second-order valence-electron chi connectivity index (χ2n) is 6.10. The number of aryl methyl sites for hydroxylation is 2. The second kappa shape index (κ2) is 10.1. The van der Waals surface area contributed by atoms with Gasteiger partial charge in [-0.3, -0.25) is 0 Å². The number of aromatic nitrogens is 1. The number of thiazole rings is 1. The molecule has 27 heavy (non-hydrogen) atoms. The molecule has 0 saturated heterocycles. The van der Waals surface area contributed by atoms with Crippen LogP contribution in [0, 0.1) is 13.8 Å². The van der Waals surface area contributed by atoms with Gasteiger partial charge in [-0.25, -0.2) is 4.98 Å². The summed E-state index contributed by atoms with van der Waals surface area (Å²) in [5, 5.41) is 6.95. The molecule has 0 bridgehead atoms. The average molecular weight is 425 g/mol. The Bertz CT molecular complexity index is 830. The molecule has 2 heterocycles. The molecular weight excluding hydrogens is 400 g/mol. The van der Waals surface area contributed by atoms with E-state index in [1.807, 2.05) is 12.1 Å². The SMILES string of the molecule is COc1ccc(CNC(Cc2cccs2)c2nc(C)c(C)s2)cc1OC.Cl. The third kappa shape index (κ3) is 5.45. The molecule has 146 valence electrons. The summed E-state index contributed by atoms with van der Waals surface area (Å²) in [6.07, 6.45) is 0.942. The van der Waals surface area contributed by atoms with Crippen molar-refractivity contribution in [1.82, 2.24) is 10.3 Å². The van der Waals surface area contributed by atoms with Gasteiger partial charge in [-0.1, -0.05) is 12.1 Å². The highest BCUT2D eigenvalue weighted by atomic mass is 35.5. The zero-order valence-corrected chi connectivity index (χ0v) is 18.4. The number of rotatable bonds is 8. The normalized spacial score (nSPS) is 11.7. The zero-order chi connectivity index (χ0) is 18.5. The molecule has 0 aliphatic heterocycles. The first-order chi connectivity index (χ1) is 12.6. The van der Waals surface area contributed by atoms with Crippen LogP contribution in [0.3, 0.4) is 0 Å². The zero-order valence-electron chi connectivity index (χ0n) is 15.9. The van der Waals surface area contributed by atoms with Crippen LogP contribution < -0.4 is 14.8 Å². The topological polar surface area (TPSA) is 43.4 Å². The van der Waals surface area contributed by atoms with Gasteiger partial charge in [-0.2, -0.15) is 0 Å². The van der Waals surface area contributed by atoms with E-state index in [1.54, 1.807) is 36.9 Å². The smallest absolute Gasteiger partial charge is 0.161 e. The van der Waals surface area contributed by atoms with E-state index in [4.69, 9.17) is 14.5 Å². The lowest BCUT2D eigenvalue weighted by Gasteiger charge is -2.17. The first-order valence-corrected chi connectivity index (χ1v) is 10.2. The lowest BCUT2D eigenvalue weighted by Crippen LogP contribution is -2.22. The third-order valence-electron chi connectivity index (χ3n) is 4.33. The standard InChI is InChI=1S/C20H24N2O2S2.ClH/c1-13-14(2)26-20(22-13)17(11-16-6-5-9-25-16)21-12-15-7-8-18(23-3)19(10-15)24-4;/h5-10,17,21H,11-12H2,1-4H3;1H. The van der Waals surface area contributed by atoms with Crippen molar-refractivity contribution in [3.8, 4) is 11.5 Å². The maximum atomic E-state index is 5.41. The van der Waals surface area contributed by atoms with Crippen molar-refractivity contribution in [2.24, 2.45) is 0 Å². The predicted octanol–water partition coefficient (Wildman–Crippen LogP) is 5.33. The lowest BCUT2D eigenvalue weighted by molar-refractivity contribution is 0.354. The van der Waals surface area contributed by atoms with Crippen LogP contribution in [0.15, 0.2) is 35.7 Å². The minimum absolute atomic E-state index is 0. The van der Waals surface area contributed by atoms with E-state index in [9.17, 15) is 0 Å². The Hall–Kier alpha value is -1.60. The van der Waals surface area contributed by atoms with Crippen LogP contribution in [-0.4, -0.2) is 19.2 Å². The quantitative estimate of drug-likeness (QED) is 0.530. The van der Waals surface area contributed by atoms with Crippen molar-refractivity contribution in [1.29, 1.82) is 0 Å². The molecule has 2 aromatic heterocycles. The molecule has 1 aromatic carbocycles. The first kappa shape index (κ1) is 21.7. The maximum Gasteiger partial charge on any atom is 0.161 e. The van der Waals surface area contributed by atoms with Crippen LogP contribution in [0.2, 0.25) is 0 Å². The van der Waals surface area contributed by atoms with Crippen LogP contribution >= 0.6 is 35.1 Å². The third-order valence-corrected chi connectivity index (χ3v) is 6.41. The van der Waals surface area contributed by atoms with Crippen molar-refractivity contribution >= 4 is 35.1 Å². The lowest BCUT2D eigenvalue weighted by atomic mass is 10.1. The van der Waals surface area contributed by atoms with Crippen LogP contribution in [0.5, 0.6) is 11.5 Å². The Labute approximate surface area is 175 Å². The fourth-order valence-electron chi connectivity index (χ4n) is 2.75. The molecule has 1 unspecified atom stereocenters. The fraction of sp³-hybridized carbons (Fsp3) is 0.350. The van der Waals surface area contributed by atoms with Crippen molar-refractivity contribution in [3.05, 3.63) is 61.7 Å². The summed E-state index contributed by atoms with van der Waals surface area (Å²) in [5.41, 5.74) is 2.28. The number of nitrogens with one attached hydrogen (secondary N) is 1. The number of hydrogen-bond acceptors (Lipinski definition) is 6. The van der Waals surface area contributed by atoms with Crippen LogP contribution in [-0.2, 0) is 13.0 Å². The van der Waals surface area contributed by atoms with Crippen molar-refractivity contribution in [3.63, 3.8) is 0 Å². The molecule has 3 aromatic rings. The molecule has 0 aliphatic rings. The van der Waals surface area contributed by atoms with Crippen LogP contribution in [0.1, 0.15) is 32.1 Å². The monoisotopic (exact) mass is 424 g/mol. The number of halogens is 1. The Morgan fingerprint density at radius 1 is 1.11 bits per heavy atom. The number of ether oxygens (including phenoxy) is 2. The van der Waals surface area contributed by atoms with E-state index in [-0.39, 0.29) is 18.4 Å². The molecule has 0 saturated carbocycles. The van der Waals surface area contributed by atoms with Gasteiger partial charge in [-0.15, -0.1) is 35.1 Å². The van der Waals surface area contributed by atoms with Crippen molar-refractivity contribution in [2.75, 3.05) is 14.2 Å². The fourth-order valence-corrected chi connectivity index (χ4v) is 4.51. The van der Waals surface area contributed by atoms with E-state index < -0.39 is 0 Å². The molecule has 0 amide bonds. The summed E-state index contributed by atoms with van der Waals surface area (Å²) in [5.74, 6) is 1.50. The van der Waals surface area contributed by atoms with Crippen LogP contribution in [0.25, 0.3) is 0 Å². The van der Waals surface area contributed by atoms with E-state index in [1.165, 1.54) is 9.75 Å². The molecule has 0 fully saturated rings. The van der Waals surface area contributed by atoms with Gasteiger partial charge in [0.1, 0.15) is 5.01 Å². The van der Waals surface area contributed by atoms with Gasteiger partial charge in [0.25, 0.3) is 0 Å². The van der Waals surface area contributed by atoms with Crippen molar-refractivity contribution < 1.29 is 9.47 Å². The Balaban J connectivity index is 0.00000261. The number of nitrogens with zero attached hydrogens (tertiary/aromatic N) is 1. The number of benzene rings is 1. The summed E-state index contributed by atoms with van der Waals surface area (Å²) < 4.78 is 10.7. The van der Waals surface area contributed by atoms with E-state index in [0.717, 1.165) is 40.7 Å². The Morgan fingerprint density at radius 3 is 2.48 bits per heavy atom.